The molecule has 0 saturated heterocycles. The van der Waals surface area contributed by atoms with Gasteiger partial charge in [0, 0.05) is 19.2 Å². The van der Waals surface area contributed by atoms with E-state index in [1.54, 1.807) is 0 Å². The van der Waals surface area contributed by atoms with E-state index in [4.69, 9.17) is 33.4 Å². The molecule has 1 amide bonds. The molecule has 0 heterocycles. The van der Waals surface area contributed by atoms with Gasteiger partial charge in [0.25, 0.3) is 11.6 Å². The van der Waals surface area contributed by atoms with Gasteiger partial charge in [-0.15, -0.1) is 0 Å². The van der Waals surface area contributed by atoms with Crippen molar-refractivity contribution in [3.63, 3.8) is 0 Å². The number of hydrogen-bond acceptors (Lipinski definition) is 6. The van der Waals surface area contributed by atoms with Crippen LogP contribution < -0.4 is 5.32 Å². The third kappa shape index (κ3) is 6.12. The summed E-state index contributed by atoms with van der Waals surface area (Å²) in [5.41, 5.74) is 0.169. The number of non-ortho nitro benzene ring substituents is 1. The number of aliphatic hydroxyl groups is 3. The van der Waals surface area contributed by atoms with Gasteiger partial charge in [-0.05, 0) is 17.7 Å². The lowest BCUT2D eigenvalue weighted by atomic mass is 10.0. The highest BCUT2D eigenvalue weighted by Gasteiger charge is 2.24. The van der Waals surface area contributed by atoms with Crippen molar-refractivity contribution in [2.45, 2.75) is 17.0 Å². The first kappa shape index (κ1) is 20.6. The van der Waals surface area contributed by atoms with Gasteiger partial charge in [0.15, 0.2) is 4.84 Å². The maximum absolute atomic E-state index is 11.3. The molecule has 0 aliphatic carbocycles. The molecule has 8 nitrogen and oxygen atoms in total. The summed E-state index contributed by atoms with van der Waals surface area (Å²) < 4.78 is 0. The van der Waals surface area contributed by atoms with Crippen molar-refractivity contribution in [2.24, 2.45) is 0 Å². The number of carbonyl (C=O) groups excluding carboxylic acids is 1. The van der Waals surface area contributed by atoms with Crippen molar-refractivity contribution in [1.29, 1.82) is 0 Å². The lowest BCUT2D eigenvalue weighted by Gasteiger charge is -2.22. The summed E-state index contributed by atoms with van der Waals surface area (Å²) in [6.45, 7) is -0.551. The van der Waals surface area contributed by atoms with Crippen LogP contribution in [0.5, 0.6) is 0 Å². The molecule has 0 spiro atoms. The van der Waals surface area contributed by atoms with Crippen LogP contribution in [0.3, 0.4) is 0 Å². The van der Waals surface area contributed by atoms with Crippen LogP contribution in [0.15, 0.2) is 24.3 Å². The lowest BCUT2D eigenvalue weighted by molar-refractivity contribution is -0.384. The first-order valence-electron chi connectivity index (χ1n) is 5.93. The third-order valence-corrected chi connectivity index (χ3v) is 2.95. The Morgan fingerprint density at radius 2 is 1.82 bits per heavy atom. The lowest BCUT2D eigenvalue weighted by Crippen LogP contribution is -2.44. The van der Waals surface area contributed by atoms with Gasteiger partial charge >= 0.3 is 0 Å². The van der Waals surface area contributed by atoms with Crippen LogP contribution in [0.1, 0.15) is 11.7 Å². The molecular weight excluding hydrogens is 339 g/mol. The Bertz CT molecular complexity index is 483. The van der Waals surface area contributed by atoms with E-state index < -0.39 is 34.4 Å². The van der Waals surface area contributed by atoms with Gasteiger partial charge in [-0.1, -0.05) is 23.2 Å². The maximum Gasteiger partial charge on any atom is 0.269 e. The number of amides is 1. The predicted molar refractivity (Wildman–Crippen MR) is 80.7 cm³/mol. The second-order valence-corrected chi connectivity index (χ2v) is 4.99. The number of nitrogens with one attached hydrogen (secondary N) is 1. The van der Waals surface area contributed by atoms with Crippen LogP contribution >= 0.6 is 23.2 Å². The number of nitro benzene ring substituents is 1. The fourth-order valence-electron chi connectivity index (χ4n) is 1.50. The molecule has 0 aromatic heterocycles. The molecule has 0 radical (unpaired) electrons. The van der Waals surface area contributed by atoms with Gasteiger partial charge in [-0.25, -0.2) is 0 Å². The van der Waals surface area contributed by atoms with Crippen LogP contribution in [0.4, 0.5) is 5.69 Å². The van der Waals surface area contributed by atoms with Crippen LogP contribution in [0.25, 0.3) is 0 Å². The molecule has 0 bridgehead atoms. The largest absolute Gasteiger partial charge is 0.400 e. The van der Waals surface area contributed by atoms with Crippen molar-refractivity contribution in [3.05, 3.63) is 39.9 Å². The van der Waals surface area contributed by atoms with E-state index in [2.05, 4.69) is 5.32 Å². The summed E-state index contributed by atoms with van der Waals surface area (Å²) in [5, 5.41) is 38.9. The summed E-state index contributed by atoms with van der Waals surface area (Å²) in [4.78, 5) is 19.9. The zero-order valence-corrected chi connectivity index (χ0v) is 13.0. The molecule has 2 atom stereocenters. The first-order valence-corrected chi connectivity index (χ1v) is 6.80. The standard InChI is InChI=1S/C11H12Cl2N2O5.CH4O/c12-10(13)11(18)14-8(5-16)9(17)6-1-3-7(4-2-6)15(19)20;1-2/h1-4,8-10,16-17H,5H2,(H,14,18);2H,1H3. The fourth-order valence-corrected chi connectivity index (χ4v) is 1.62. The van der Waals surface area contributed by atoms with Crippen LogP contribution in [-0.2, 0) is 4.79 Å². The SMILES string of the molecule is CO.O=C(NC(CO)C(O)c1ccc([N+](=O)[O-])cc1)C(Cl)Cl. The Morgan fingerprint density at radius 3 is 2.18 bits per heavy atom. The maximum atomic E-state index is 11.3. The summed E-state index contributed by atoms with van der Waals surface area (Å²) >= 11 is 10.7. The Labute approximate surface area is 136 Å². The van der Waals surface area contributed by atoms with E-state index in [0.29, 0.717) is 5.56 Å². The number of aliphatic hydroxyl groups excluding tert-OH is 3. The molecule has 124 valence electrons. The molecule has 22 heavy (non-hydrogen) atoms. The van der Waals surface area contributed by atoms with Crippen molar-refractivity contribution in [2.75, 3.05) is 13.7 Å². The molecule has 0 fully saturated rings. The molecule has 4 N–H and O–H groups in total. The third-order valence-electron chi connectivity index (χ3n) is 2.55. The van der Waals surface area contributed by atoms with Crippen LogP contribution in [-0.4, -0.2) is 50.7 Å². The number of carbonyl (C=O) groups is 1. The van der Waals surface area contributed by atoms with Crippen molar-refractivity contribution in [3.8, 4) is 0 Å². The highest BCUT2D eigenvalue weighted by molar-refractivity contribution is 6.53. The first-order chi connectivity index (χ1) is 10.4. The predicted octanol–water partition coefficient (Wildman–Crippen LogP) is 0.518. The highest BCUT2D eigenvalue weighted by Crippen LogP contribution is 2.20. The van der Waals surface area contributed by atoms with E-state index in [1.165, 1.54) is 24.3 Å². The summed E-state index contributed by atoms with van der Waals surface area (Å²) in [6, 6.07) is 4.05. The minimum absolute atomic E-state index is 0.132. The molecule has 1 aromatic rings. The number of alkyl halides is 2. The number of rotatable bonds is 6. The summed E-state index contributed by atoms with van der Waals surface area (Å²) in [7, 11) is 1.00. The van der Waals surface area contributed by atoms with Crippen molar-refractivity contribution in [1.82, 2.24) is 5.32 Å². The van der Waals surface area contributed by atoms with Gasteiger partial charge in [-0.3, -0.25) is 14.9 Å². The van der Waals surface area contributed by atoms with Crippen LogP contribution in [0.2, 0.25) is 0 Å². The minimum Gasteiger partial charge on any atom is -0.400 e. The molecule has 0 saturated carbocycles. The average Bonchev–Trinajstić information content (AvgIpc) is 2.53. The Balaban J connectivity index is 0.00000211. The van der Waals surface area contributed by atoms with Gasteiger partial charge < -0.3 is 20.6 Å². The van der Waals surface area contributed by atoms with E-state index in [0.717, 1.165) is 7.11 Å². The zero-order chi connectivity index (χ0) is 17.3. The Hall–Kier alpha value is -1.45. The van der Waals surface area contributed by atoms with Gasteiger partial charge in [0.2, 0.25) is 0 Å². The molecule has 1 rings (SSSR count). The molecule has 10 heteroatoms. The molecule has 1 aromatic carbocycles. The fraction of sp³-hybridized carbons (Fsp3) is 0.417. The average molecular weight is 355 g/mol. The Morgan fingerprint density at radius 1 is 1.32 bits per heavy atom. The summed E-state index contributed by atoms with van der Waals surface area (Å²) in [6.07, 6.45) is -1.25. The zero-order valence-electron chi connectivity index (χ0n) is 11.5. The van der Waals surface area contributed by atoms with Gasteiger partial charge in [0.1, 0.15) is 6.10 Å². The minimum atomic E-state index is -1.33. The number of nitro groups is 1. The number of nitrogens with zero attached hydrogens (tertiary/aromatic N) is 1. The van der Waals surface area contributed by atoms with Crippen LogP contribution in [0, 0.1) is 10.1 Å². The number of benzene rings is 1. The highest BCUT2D eigenvalue weighted by atomic mass is 35.5. The summed E-state index contributed by atoms with van der Waals surface area (Å²) in [5.74, 6) is -0.756. The molecule has 2 unspecified atom stereocenters. The second kappa shape index (κ2) is 10.3. The quantitative estimate of drug-likeness (QED) is 0.334. The van der Waals surface area contributed by atoms with Gasteiger partial charge in [-0.2, -0.15) is 0 Å². The molecular formula is C12H16Cl2N2O6. The monoisotopic (exact) mass is 354 g/mol. The van der Waals surface area contributed by atoms with E-state index in [-0.39, 0.29) is 5.69 Å². The van der Waals surface area contributed by atoms with E-state index in [1.807, 2.05) is 0 Å². The van der Waals surface area contributed by atoms with E-state index >= 15 is 0 Å². The van der Waals surface area contributed by atoms with Gasteiger partial charge in [0.05, 0.1) is 17.6 Å². The van der Waals surface area contributed by atoms with Crippen molar-refractivity contribution >= 4 is 34.8 Å². The topological polar surface area (TPSA) is 133 Å². The molecule has 0 aliphatic rings. The van der Waals surface area contributed by atoms with Crippen molar-refractivity contribution < 1.29 is 25.0 Å². The second-order valence-electron chi connectivity index (χ2n) is 3.89. The Kier molecular flexibility index (Phi) is 9.63. The van der Waals surface area contributed by atoms with E-state index in [9.17, 15) is 20.0 Å². The number of halogens is 2. The smallest absolute Gasteiger partial charge is 0.269 e. The number of hydrogen-bond donors (Lipinski definition) is 4. The normalized spacial score (nSPS) is 12.9. The molecule has 0 aliphatic heterocycles.